The maximum Gasteiger partial charge on any atom is 0.251 e. The van der Waals surface area contributed by atoms with Crippen LogP contribution in [0.4, 0.5) is 0 Å². The van der Waals surface area contributed by atoms with Crippen molar-refractivity contribution in [2.45, 2.75) is 19.3 Å². The normalized spacial score (nSPS) is 10.2. The summed E-state index contributed by atoms with van der Waals surface area (Å²) in [6.07, 6.45) is 3.21. The molecule has 2 aromatic rings. The summed E-state index contributed by atoms with van der Waals surface area (Å²) in [5.41, 5.74) is 4.46. The van der Waals surface area contributed by atoms with Gasteiger partial charge in [0.25, 0.3) is 5.91 Å². The summed E-state index contributed by atoms with van der Waals surface area (Å²) in [4.78, 5) is 12.0. The van der Waals surface area contributed by atoms with E-state index >= 15 is 0 Å². The van der Waals surface area contributed by atoms with E-state index in [4.69, 9.17) is 4.74 Å². The van der Waals surface area contributed by atoms with E-state index in [1.54, 1.807) is 12.1 Å². The van der Waals surface area contributed by atoms with Gasteiger partial charge in [0, 0.05) is 12.1 Å². The molecule has 0 aliphatic carbocycles. The minimum atomic E-state index is -0.0408. The zero-order valence-corrected chi connectivity index (χ0v) is 12.8. The fourth-order valence-corrected chi connectivity index (χ4v) is 2.08. The molecule has 0 aromatic heterocycles. The Bertz CT molecular complexity index is 567. The Hall–Kier alpha value is -2.33. The summed E-state index contributed by atoms with van der Waals surface area (Å²) < 4.78 is 5.70. The number of carbonyl (C=O) groups is 1. The molecule has 0 saturated carbocycles. The SMILES string of the molecule is [NH3+]CCCCCNC(=O)c1ccc(Oc2ccccc2)cc1. The number of quaternary nitrogens is 1. The second-order valence-corrected chi connectivity index (χ2v) is 5.11. The third kappa shape index (κ3) is 5.22. The minimum Gasteiger partial charge on any atom is -0.457 e. The Kier molecular flexibility index (Phi) is 6.45. The van der Waals surface area contributed by atoms with Gasteiger partial charge in [-0.3, -0.25) is 4.79 Å². The standard InChI is InChI=1S/C18H22N2O2/c19-13-5-2-6-14-20-18(21)15-9-11-17(12-10-15)22-16-7-3-1-4-8-16/h1,3-4,7-12H,2,5-6,13-14,19H2,(H,20,21)/p+1. The molecule has 0 atom stereocenters. The Morgan fingerprint density at radius 1 is 0.909 bits per heavy atom. The largest absolute Gasteiger partial charge is 0.457 e. The van der Waals surface area contributed by atoms with Gasteiger partial charge in [-0.2, -0.15) is 0 Å². The molecule has 0 unspecified atom stereocenters. The third-order valence-corrected chi connectivity index (χ3v) is 3.31. The van der Waals surface area contributed by atoms with Crippen molar-refractivity contribution in [2.24, 2.45) is 0 Å². The van der Waals surface area contributed by atoms with Crippen LogP contribution in [0.1, 0.15) is 29.6 Å². The molecule has 0 aliphatic heterocycles. The van der Waals surface area contributed by atoms with E-state index in [0.717, 1.165) is 37.3 Å². The van der Waals surface area contributed by atoms with E-state index < -0.39 is 0 Å². The maximum absolute atomic E-state index is 12.0. The van der Waals surface area contributed by atoms with Crippen molar-refractivity contribution < 1.29 is 15.3 Å². The molecule has 0 aliphatic rings. The van der Waals surface area contributed by atoms with Crippen LogP contribution in [0.2, 0.25) is 0 Å². The first-order valence-electron chi connectivity index (χ1n) is 7.70. The topological polar surface area (TPSA) is 66.0 Å². The van der Waals surface area contributed by atoms with E-state index in [9.17, 15) is 4.79 Å². The number of rotatable bonds is 8. The van der Waals surface area contributed by atoms with Crippen molar-refractivity contribution in [1.82, 2.24) is 5.32 Å². The van der Waals surface area contributed by atoms with Gasteiger partial charge in [-0.05, 0) is 55.7 Å². The van der Waals surface area contributed by atoms with E-state index in [-0.39, 0.29) is 5.91 Å². The molecule has 22 heavy (non-hydrogen) atoms. The lowest BCUT2D eigenvalue weighted by molar-refractivity contribution is -0.368. The van der Waals surface area contributed by atoms with Gasteiger partial charge in [0.15, 0.2) is 0 Å². The number of carbonyl (C=O) groups excluding carboxylic acids is 1. The first-order valence-corrected chi connectivity index (χ1v) is 7.70. The number of hydrogen-bond donors (Lipinski definition) is 2. The van der Waals surface area contributed by atoms with E-state index in [2.05, 4.69) is 11.1 Å². The van der Waals surface area contributed by atoms with Gasteiger partial charge < -0.3 is 15.8 Å². The molecule has 4 nitrogen and oxygen atoms in total. The minimum absolute atomic E-state index is 0.0408. The molecule has 1 amide bonds. The smallest absolute Gasteiger partial charge is 0.251 e. The molecule has 116 valence electrons. The van der Waals surface area contributed by atoms with Crippen LogP contribution >= 0.6 is 0 Å². The molecule has 0 heterocycles. The number of unbranched alkanes of at least 4 members (excludes halogenated alkanes) is 2. The molecule has 2 aromatic carbocycles. The van der Waals surface area contributed by atoms with E-state index in [1.165, 1.54) is 0 Å². The molecule has 0 radical (unpaired) electrons. The van der Waals surface area contributed by atoms with Crippen LogP contribution in [-0.2, 0) is 0 Å². The fraction of sp³-hybridized carbons (Fsp3) is 0.278. The monoisotopic (exact) mass is 299 g/mol. The highest BCUT2D eigenvalue weighted by atomic mass is 16.5. The average Bonchev–Trinajstić information content (AvgIpc) is 2.56. The van der Waals surface area contributed by atoms with Crippen molar-refractivity contribution in [3.05, 3.63) is 60.2 Å². The highest BCUT2D eigenvalue weighted by Crippen LogP contribution is 2.21. The number of benzene rings is 2. The lowest BCUT2D eigenvalue weighted by Crippen LogP contribution is -2.50. The van der Waals surface area contributed by atoms with Crippen LogP contribution < -0.4 is 15.8 Å². The predicted octanol–water partition coefficient (Wildman–Crippen LogP) is 2.62. The number of nitrogens with one attached hydrogen (secondary N) is 1. The number of para-hydroxylation sites is 1. The molecule has 0 bridgehead atoms. The molecule has 4 heteroatoms. The summed E-state index contributed by atoms with van der Waals surface area (Å²) in [7, 11) is 0. The van der Waals surface area contributed by atoms with Crippen LogP contribution in [0.5, 0.6) is 11.5 Å². The Morgan fingerprint density at radius 3 is 2.27 bits per heavy atom. The van der Waals surface area contributed by atoms with Crippen molar-refractivity contribution in [1.29, 1.82) is 0 Å². The van der Waals surface area contributed by atoms with Crippen LogP contribution in [0.15, 0.2) is 54.6 Å². The molecule has 2 rings (SSSR count). The summed E-state index contributed by atoms with van der Waals surface area (Å²) in [5, 5.41) is 2.93. The van der Waals surface area contributed by atoms with Gasteiger partial charge in [-0.15, -0.1) is 0 Å². The summed E-state index contributed by atoms with van der Waals surface area (Å²) >= 11 is 0. The highest BCUT2D eigenvalue weighted by Gasteiger charge is 2.05. The van der Waals surface area contributed by atoms with Gasteiger partial charge in [0.1, 0.15) is 11.5 Å². The number of ether oxygens (including phenoxy) is 1. The number of amides is 1. The molecule has 0 fully saturated rings. The van der Waals surface area contributed by atoms with Crippen molar-refractivity contribution in [3.8, 4) is 11.5 Å². The quantitative estimate of drug-likeness (QED) is 0.736. The van der Waals surface area contributed by atoms with E-state index in [1.807, 2.05) is 42.5 Å². The highest BCUT2D eigenvalue weighted by molar-refractivity contribution is 5.94. The van der Waals surface area contributed by atoms with Gasteiger partial charge >= 0.3 is 0 Å². The van der Waals surface area contributed by atoms with Crippen LogP contribution in [0.3, 0.4) is 0 Å². The zero-order valence-electron chi connectivity index (χ0n) is 12.8. The van der Waals surface area contributed by atoms with Crippen LogP contribution in [-0.4, -0.2) is 19.0 Å². The van der Waals surface area contributed by atoms with E-state index in [0.29, 0.717) is 12.1 Å². The van der Waals surface area contributed by atoms with Gasteiger partial charge in [-0.25, -0.2) is 0 Å². The summed E-state index contributed by atoms with van der Waals surface area (Å²) in [5.74, 6) is 1.46. The average molecular weight is 299 g/mol. The Morgan fingerprint density at radius 2 is 1.59 bits per heavy atom. The summed E-state index contributed by atoms with van der Waals surface area (Å²) in [6, 6.07) is 16.8. The van der Waals surface area contributed by atoms with Crippen molar-refractivity contribution in [3.63, 3.8) is 0 Å². The second-order valence-electron chi connectivity index (χ2n) is 5.11. The first-order chi connectivity index (χ1) is 10.8. The van der Waals surface area contributed by atoms with Crippen LogP contribution in [0, 0.1) is 0 Å². The third-order valence-electron chi connectivity index (χ3n) is 3.31. The zero-order chi connectivity index (χ0) is 15.6. The molecular formula is C18H23N2O2+. The van der Waals surface area contributed by atoms with Gasteiger partial charge in [0.05, 0.1) is 6.54 Å². The second kappa shape index (κ2) is 8.85. The Labute approximate surface area is 131 Å². The summed E-state index contributed by atoms with van der Waals surface area (Å²) in [6.45, 7) is 1.66. The molecule has 4 N–H and O–H groups in total. The fourth-order valence-electron chi connectivity index (χ4n) is 2.08. The van der Waals surface area contributed by atoms with Crippen molar-refractivity contribution >= 4 is 5.91 Å². The van der Waals surface area contributed by atoms with Gasteiger partial charge in [0.2, 0.25) is 0 Å². The maximum atomic E-state index is 12.0. The lowest BCUT2D eigenvalue weighted by atomic mass is 10.2. The Balaban J connectivity index is 1.82. The molecule has 0 spiro atoms. The molecule has 0 saturated heterocycles. The van der Waals surface area contributed by atoms with Crippen LogP contribution in [0.25, 0.3) is 0 Å². The first kappa shape index (κ1) is 16.0. The van der Waals surface area contributed by atoms with Crippen molar-refractivity contribution in [2.75, 3.05) is 13.1 Å². The molecular weight excluding hydrogens is 276 g/mol. The predicted molar refractivity (Wildman–Crippen MR) is 86.9 cm³/mol. The lowest BCUT2D eigenvalue weighted by Gasteiger charge is -2.07. The number of hydrogen-bond acceptors (Lipinski definition) is 2. The van der Waals surface area contributed by atoms with Gasteiger partial charge in [-0.1, -0.05) is 18.2 Å².